The van der Waals surface area contributed by atoms with Gasteiger partial charge in [-0.15, -0.1) is 6.58 Å². The van der Waals surface area contributed by atoms with Crippen LogP contribution in [-0.4, -0.2) is 113 Å². The van der Waals surface area contributed by atoms with Gasteiger partial charge in [0.15, 0.2) is 12.4 Å². The lowest BCUT2D eigenvalue weighted by Crippen LogP contribution is -2.62. The van der Waals surface area contributed by atoms with Crippen molar-refractivity contribution >= 4 is 5.97 Å². The van der Waals surface area contributed by atoms with E-state index in [-0.39, 0.29) is 43.3 Å². The van der Waals surface area contributed by atoms with E-state index in [2.05, 4.69) is 12.7 Å². The van der Waals surface area contributed by atoms with Crippen molar-refractivity contribution in [1.82, 2.24) is 0 Å². The van der Waals surface area contributed by atoms with Crippen LogP contribution in [0.4, 0.5) is 0 Å². The zero-order chi connectivity index (χ0) is 33.4. The van der Waals surface area contributed by atoms with Gasteiger partial charge in [-0.25, -0.2) is 0 Å². The smallest absolute Gasteiger partial charge is 0.303 e. The Kier molecular flexibility index (Phi) is 11.4. The zero-order valence-corrected chi connectivity index (χ0v) is 27.7. The number of rotatable bonds is 11. The first kappa shape index (κ1) is 36.2. The number of hydrogen-bond donors (Lipinski definition) is 5. The third-order valence-electron chi connectivity index (χ3n) is 10.6. The van der Waals surface area contributed by atoms with Gasteiger partial charge < -0.3 is 49.2 Å². The number of methoxy groups -OCH3 is 1. The number of carbonyl (C=O) groups is 1. The number of aliphatic hydroxyl groups excluding tert-OH is 5. The normalized spacial score (nSPS) is 42.2. The van der Waals surface area contributed by atoms with E-state index >= 15 is 0 Å². The Morgan fingerprint density at radius 3 is 2.47 bits per heavy atom. The maximum Gasteiger partial charge on any atom is 0.303 e. The fourth-order valence-electron chi connectivity index (χ4n) is 7.63. The number of esters is 1. The molecule has 1 saturated heterocycles. The van der Waals surface area contributed by atoms with E-state index in [4.69, 9.17) is 23.7 Å². The van der Waals surface area contributed by atoms with Crippen molar-refractivity contribution < 1.29 is 54.0 Å². The van der Waals surface area contributed by atoms with E-state index < -0.39 is 66.0 Å². The fourth-order valence-corrected chi connectivity index (χ4v) is 7.63. The number of carbonyl (C=O) groups excluding carboxylic acids is 1. The summed E-state index contributed by atoms with van der Waals surface area (Å²) in [6.07, 6.45) is -4.27. The van der Waals surface area contributed by atoms with Gasteiger partial charge in [-0.1, -0.05) is 37.1 Å². The van der Waals surface area contributed by atoms with Crippen LogP contribution in [0.5, 0.6) is 0 Å². The lowest BCUT2D eigenvalue weighted by molar-refractivity contribution is -0.321. The molecule has 4 rings (SSSR count). The van der Waals surface area contributed by atoms with Crippen LogP contribution in [0.2, 0.25) is 0 Å². The maximum atomic E-state index is 12.2. The topological polar surface area (TPSA) is 164 Å². The van der Waals surface area contributed by atoms with Gasteiger partial charge in [0, 0.05) is 37.9 Å². The van der Waals surface area contributed by atoms with Crippen LogP contribution in [0.1, 0.15) is 60.8 Å². The monoisotopic (exact) mass is 638 g/mol. The molecule has 2 fully saturated rings. The molecular weight excluding hydrogens is 584 g/mol. The molecule has 1 heterocycles. The zero-order valence-electron chi connectivity index (χ0n) is 27.7. The van der Waals surface area contributed by atoms with Crippen molar-refractivity contribution in [1.29, 1.82) is 0 Å². The minimum absolute atomic E-state index is 0.00220. The second-order valence-electron chi connectivity index (χ2n) is 14.1. The molecule has 256 valence electrons. The minimum atomic E-state index is -1.59. The van der Waals surface area contributed by atoms with Crippen molar-refractivity contribution in [3.8, 4) is 0 Å². The van der Waals surface area contributed by atoms with Gasteiger partial charge >= 0.3 is 5.97 Å². The Bertz CT molecular complexity index is 1130. The summed E-state index contributed by atoms with van der Waals surface area (Å²) in [6.45, 7) is 14.5. The quantitative estimate of drug-likeness (QED) is 0.166. The van der Waals surface area contributed by atoms with Gasteiger partial charge in [-0.2, -0.15) is 0 Å². The van der Waals surface area contributed by atoms with Crippen LogP contribution in [0.3, 0.4) is 0 Å². The van der Waals surface area contributed by atoms with Crippen molar-refractivity contribution in [2.75, 3.05) is 26.9 Å². The summed E-state index contributed by atoms with van der Waals surface area (Å²) in [5.41, 5.74) is 0.834. The lowest BCUT2D eigenvalue weighted by atomic mass is 9.68. The molecule has 0 bridgehead atoms. The molecule has 4 aliphatic rings. The van der Waals surface area contributed by atoms with E-state index in [9.17, 15) is 30.3 Å². The van der Waals surface area contributed by atoms with Crippen LogP contribution >= 0.6 is 0 Å². The molecule has 0 aromatic heterocycles. The number of hydrogen-bond acceptors (Lipinski definition) is 11. The summed E-state index contributed by atoms with van der Waals surface area (Å²) >= 11 is 0. The molecule has 0 spiro atoms. The summed E-state index contributed by atoms with van der Waals surface area (Å²) in [5.74, 6) is -1.20. The van der Waals surface area contributed by atoms with E-state index in [0.29, 0.717) is 12.2 Å². The first-order chi connectivity index (χ1) is 21.1. The summed E-state index contributed by atoms with van der Waals surface area (Å²) in [7, 11) is 1.67. The molecule has 3 aliphatic carbocycles. The second kappa shape index (κ2) is 14.2. The van der Waals surface area contributed by atoms with E-state index in [1.54, 1.807) is 27.0 Å². The first-order valence-electron chi connectivity index (χ1n) is 16.1. The average Bonchev–Trinajstić information content (AvgIpc) is 3.49. The van der Waals surface area contributed by atoms with Gasteiger partial charge in [0.25, 0.3) is 0 Å². The third-order valence-corrected chi connectivity index (χ3v) is 10.6. The summed E-state index contributed by atoms with van der Waals surface area (Å²) in [6, 6.07) is 0. The Hall–Kier alpha value is -1.67. The van der Waals surface area contributed by atoms with Crippen LogP contribution in [0.15, 0.2) is 35.5 Å². The molecule has 11 nitrogen and oxygen atoms in total. The molecule has 1 saturated carbocycles. The molecule has 5 N–H and O–H groups in total. The van der Waals surface area contributed by atoms with Crippen LogP contribution in [0.25, 0.3) is 0 Å². The highest BCUT2D eigenvalue weighted by molar-refractivity contribution is 5.66. The SMILES string of the molecule is C=CC(C)(C)OCC1OC(O[C@@H]2C3=C([C@H](C)CO)C[C@H](O)[C@]3(C)/C=C3/[C@@H](COC)CC[C@H]3[C@@H](C)[C@H]2O)C(OC(C)=O)C(O)C1O. The summed E-state index contributed by atoms with van der Waals surface area (Å²) in [4.78, 5) is 12.2. The Balaban J connectivity index is 1.81. The molecule has 1 aliphatic heterocycles. The number of fused-ring (bicyclic) bond motifs is 2. The van der Waals surface area contributed by atoms with E-state index in [1.807, 2.05) is 20.8 Å². The van der Waals surface area contributed by atoms with E-state index in [0.717, 1.165) is 24.0 Å². The number of aliphatic hydroxyl groups is 5. The van der Waals surface area contributed by atoms with Gasteiger partial charge in [0.05, 0.1) is 31.0 Å². The largest absolute Gasteiger partial charge is 0.454 e. The molecule has 45 heavy (non-hydrogen) atoms. The average molecular weight is 639 g/mol. The second-order valence-corrected chi connectivity index (χ2v) is 14.1. The van der Waals surface area contributed by atoms with Crippen LogP contribution < -0.4 is 0 Å². The summed E-state index contributed by atoms with van der Waals surface area (Å²) in [5, 5.41) is 56.2. The Morgan fingerprint density at radius 2 is 1.87 bits per heavy atom. The minimum Gasteiger partial charge on any atom is -0.454 e. The first-order valence-corrected chi connectivity index (χ1v) is 16.1. The van der Waals surface area contributed by atoms with Crippen molar-refractivity contribution in [2.45, 2.75) is 115 Å². The molecule has 0 radical (unpaired) electrons. The summed E-state index contributed by atoms with van der Waals surface area (Å²) < 4.78 is 29.7. The standard InChI is InChI=1S/C34H54O11/c1-9-33(5,6)42-16-24-28(39)29(40)31(43-19(4)36)32(44-24)45-30-26-22(17(2)14-35)12-25(37)34(26,7)13-23-20(15-41-8)10-11-21(23)18(3)27(30)38/h9,13,17-18,20-21,24-25,27-32,35,37-40H,1,10-12,14-16H2,2-8H3/b23-13-/t17-,18-,20-,21+,24?,25+,27-,28?,29?,30-,31?,32?,34+/m1/s1. The van der Waals surface area contributed by atoms with Crippen LogP contribution in [-0.2, 0) is 28.5 Å². The highest BCUT2D eigenvalue weighted by atomic mass is 16.7. The fraction of sp³-hybridized carbons (Fsp3) is 0.794. The molecule has 0 aromatic rings. The predicted molar refractivity (Wildman–Crippen MR) is 165 cm³/mol. The number of ether oxygens (including phenoxy) is 5. The molecule has 11 heteroatoms. The third kappa shape index (κ3) is 7.12. The van der Waals surface area contributed by atoms with Crippen molar-refractivity contribution in [3.05, 3.63) is 35.5 Å². The van der Waals surface area contributed by atoms with E-state index in [1.165, 1.54) is 6.92 Å². The van der Waals surface area contributed by atoms with Gasteiger partial charge in [0.1, 0.15) is 24.4 Å². The van der Waals surface area contributed by atoms with Gasteiger partial charge in [-0.3, -0.25) is 4.79 Å². The van der Waals surface area contributed by atoms with Crippen LogP contribution in [0, 0.1) is 29.1 Å². The highest BCUT2D eigenvalue weighted by Crippen LogP contribution is 2.55. The Labute approximate surface area is 266 Å². The maximum absolute atomic E-state index is 12.2. The van der Waals surface area contributed by atoms with Gasteiger partial charge in [0.2, 0.25) is 0 Å². The molecular formula is C34H54O11. The molecule has 13 atom stereocenters. The van der Waals surface area contributed by atoms with Crippen molar-refractivity contribution in [2.24, 2.45) is 29.1 Å². The van der Waals surface area contributed by atoms with Gasteiger partial charge in [-0.05, 0) is 57.4 Å². The highest BCUT2D eigenvalue weighted by Gasteiger charge is 2.56. The lowest BCUT2D eigenvalue weighted by Gasteiger charge is -2.47. The Morgan fingerprint density at radius 1 is 1.18 bits per heavy atom. The molecule has 0 aromatic carbocycles. The predicted octanol–water partition coefficient (Wildman–Crippen LogP) is 2.04. The van der Waals surface area contributed by atoms with Crippen molar-refractivity contribution in [3.63, 3.8) is 0 Å². The molecule has 0 amide bonds. The molecule has 5 unspecified atom stereocenters.